The maximum atomic E-state index is 10.2. The second-order valence-corrected chi connectivity index (χ2v) is 9.56. The number of benzene rings is 1. The van der Waals surface area contributed by atoms with Crippen molar-refractivity contribution in [2.45, 2.75) is 97.9 Å². The van der Waals surface area contributed by atoms with Crippen molar-refractivity contribution in [2.75, 3.05) is 0 Å². The lowest BCUT2D eigenvalue weighted by Crippen LogP contribution is -2.36. The topological polar surface area (TPSA) is 69.9 Å². The van der Waals surface area contributed by atoms with E-state index in [1.54, 1.807) is 12.1 Å². The number of hydrogen-bond acceptors (Lipinski definition) is 4. The summed E-state index contributed by atoms with van der Waals surface area (Å²) in [6, 6.07) is 3.58. The molecule has 3 N–H and O–H groups in total. The summed E-state index contributed by atoms with van der Waals surface area (Å²) in [5.74, 6) is 1.24. The Bertz CT molecular complexity index is 845. The second-order valence-electron chi connectivity index (χ2n) is 9.56. The van der Waals surface area contributed by atoms with Crippen molar-refractivity contribution < 1.29 is 20.1 Å². The fourth-order valence-electron chi connectivity index (χ4n) is 4.11. The van der Waals surface area contributed by atoms with E-state index in [1.807, 2.05) is 39.8 Å². The van der Waals surface area contributed by atoms with E-state index in [0.717, 1.165) is 66.5 Å². The Balaban J connectivity index is 1.84. The molecule has 1 aliphatic heterocycles. The molecule has 31 heavy (non-hydrogen) atoms. The molecule has 0 unspecified atom stereocenters. The Kier molecular flexibility index (Phi) is 8.96. The third-order valence-corrected chi connectivity index (χ3v) is 6.07. The molecular weight excluding hydrogens is 388 g/mol. The maximum Gasteiger partial charge on any atom is 0.126 e. The van der Waals surface area contributed by atoms with E-state index in [0.29, 0.717) is 5.75 Å². The zero-order valence-electron chi connectivity index (χ0n) is 20.0. The number of hydrogen-bond donors (Lipinski definition) is 3. The zero-order valence-corrected chi connectivity index (χ0v) is 20.0. The summed E-state index contributed by atoms with van der Waals surface area (Å²) in [6.45, 7) is 12.0. The Labute approximate surface area is 188 Å². The second kappa shape index (κ2) is 11.0. The highest BCUT2D eigenvalue weighted by Gasteiger charge is 2.32. The number of aliphatic hydroxyl groups is 2. The molecule has 2 rings (SSSR count). The molecule has 4 nitrogen and oxygen atoms in total. The molecule has 0 spiro atoms. The lowest BCUT2D eigenvalue weighted by molar-refractivity contribution is 0.0561. The normalized spacial score (nSPS) is 21.2. The lowest BCUT2D eigenvalue weighted by Gasteiger charge is -2.36. The first-order chi connectivity index (χ1) is 14.5. The first-order valence-corrected chi connectivity index (χ1v) is 11.4. The molecule has 1 aliphatic rings. The number of phenolic OH excluding ortho intramolecular Hbond substituents is 1. The van der Waals surface area contributed by atoms with Crippen LogP contribution in [0.2, 0.25) is 0 Å². The average Bonchev–Trinajstić information content (AvgIpc) is 2.67. The fourth-order valence-corrected chi connectivity index (χ4v) is 4.11. The van der Waals surface area contributed by atoms with E-state index in [2.05, 4.69) is 19.9 Å². The Hall–Kier alpha value is -2.04. The number of fused-ring (bicyclic) bond motifs is 1. The molecule has 0 radical (unpaired) electrons. The van der Waals surface area contributed by atoms with Gasteiger partial charge in [0.1, 0.15) is 29.3 Å². The quantitative estimate of drug-likeness (QED) is 0.427. The van der Waals surface area contributed by atoms with E-state index in [4.69, 9.17) is 4.74 Å². The van der Waals surface area contributed by atoms with Crippen LogP contribution in [0.1, 0.15) is 77.8 Å². The number of phenols is 1. The Morgan fingerprint density at radius 1 is 1.13 bits per heavy atom. The summed E-state index contributed by atoms with van der Waals surface area (Å²) >= 11 is 0. The molecule has 0 aliphatic carbocycles. The van der Waals surface area contributed by atoms with E-state index in [9.17, 15) is 15.3 Å². The molecule has 0 fully saturated rings. The van der Waals surface area contributed by atoms with Gasteiger partial charge >= 0.3 is 0 Å². The summed E-state index contributed by atoms with van der Waals surface area (Å²) < 4.78 is 6.37. The predicted octanol–water partition coefficient (Wildman–Crippen LogP) is 5.93. The largest absolute Gasteiger partial charge is 0.508 e. The number of aryl methyl sites for hydroxylation is 2. The van der Waals surface area contributed by atoms with Gasteiger partial charge in [-0.1, -0.05) is 29.4 Å². The summed E-state index contributed by atoms with van der Waals surface area (Å²) in [6.07, 6.45) is 9.84. The van der Waals surface area contributed by atoms with E-state index < -0.39 is 12.2 Å². The maximum absolute atomic E-state index is 10.2. The lowest BCUT2D eigenvalue weighted by atomic mass is 9.87. The molecule has 0 saturated heterocycles. The van der Waals surface area contributed by atoms with Crippen LogP contribution in [-0.2, 0) is 6.42 Å². The molecule has 0 bridgehead atoms. The van der Waals surface area contributed by atoms with Crippen LogP contribution in [0.25, 0.3) is 0 Å². The minimum absolute atomic E-state index is 0.187. The van der Waals surface area contributed by atoms with Gasteiger partial charge in [0.2, 0.25) is 0 Å². The van der Waals surface area contributed by atoms with Crippen LogP contribution in [0.15, 0.2) is 47.1 Å². The average molecular weight is 429 g/mol. The number of aliphatic hydroxyl groups excluding tert-OH is 2. The smallest absolute Gasteiger partial charge is 0.126 e. The van der Waals surface area contributed by atoms with Gasteiger partial charge in [-0.2, -0.15) is 0 Å². The van der Waals surface area contributed by atoms with Crippen molar-refractivity contribution in [1.82, 2.24) is 0 Å². The standard InChI is InChI=1S/C27H40O4/c1-18(2)15-24(29)25(30)20(4)11-7-9-19(3)10-8-13-27(6)14-12-22-17-23(28)16-21(5)26(22)31-27/h10-11,15-17,24-25,28-30H,7-9,12-14H2,1-6H3/t24-,25-,27+/m0/s1. The molecule has 4 heteroatoms. The number of aromatic hydroxyl groups is 1. The number of allylic oxidation sites excluding steroid dienone is 4. The molecule has 1 heterocycles. The first-order valence-electron chi connectivity index (χ1n) is 11.4. The van der Waals surface area contributed by atoms with Crippen LogP contribution in [0.3, 0.4) is 0 Å². The summed E-state index contributed by atoms with van der Waals surface area (Å²) in [7, 11) is 0. The molecule has 1 aromatic rings. The van der Waals surface area contributed by atoms with Gasteiger partial charge in [-0.25, -0.2) is 0 Å². The number of rotatable bonds is 9. The monoisotopic (exact) mass is 428 g/mol. The zero-order chi connectivity index (χ0) is 23.2. The molecule has 0 aromatic heterocycles. The summed E-state index contributed by atoms with van der Waals surface area (Å²) in [4.78, 5) is 0. The SMILES string of the molecule is CC(C)=C[C@H](O)[C@@H](O)C(C)=CCCC(C)=CCC[C@]1(C)CCc2cc(O)cc(C)c2O1. The minimum atomic E-state index is -0.855. The summed E-state index contributed by atoms with van der Waals surface area (Å²) in [5, 5.41) is 30.0. The van der Waals surface area contributed by atoms with Crippen molar-refractivity contribution >= 4 is 0 Å². The molecule has 1 aromatic carbocycles. The van der Waals surface area contributed by atoms with E-state index in [-0.39, 0.29) is 5.60 Å². The van der Waals surface area contributed by atoms with Crippen LogP contribution < -0.4 is 4.74 Å². The highest BCUT2D eigenvalue weighted by Crippen LogP contribution is 2.39. The molecule has 172 valence electrons. The van der Waals surface area contributed by atoms with Gasteiger partial charge in [0.25, 0.3) is 0 Å². The van der Waals surface area contributed by atoms with Crippen molar-refractivity contribution in [3.63, 3.8) is 0 Å². The van der Waals surface area contributed by atoms with Gasteiger partial charge < -0.3 is 20.1 Å². The van der Waals surface area contributed by atoms with Crippen molar-refractivity contribution in [1.29, 1.82) is 0 Å². The Morgan fingerprint density at radius 3 is 2.52 bits per heavy atom. The van der Waals surface area contributed by atoms with Crippen LogP contribution in [0.4, 0.5) is 0 Å². The van der Waals surface area contributed by atoms with Crippen LogP contribution >= 0.6 is 0 Å². The third kappa shape index (κ3) is 7.55. The van der Waals surface area contributed by atoms with Gasteiger partial charge in [0, 0.05) is 0 Å². The van der Waals surface area contributed by atoms with Crippen molar-refractivity contribution in [3.8, 4) is 11.5 Å². The van der Waals surface area contributed by atoms with Gasteiger partial charge in [0.15, 0.2) is 0 Å². The predicted molar refractivity (Wildman–Crippen MR) is 128 cm³/mol. The van der Waals surface area contributed by atoms with Crippen molar-refractivity contribution in [2.24, 2.45) is 0 Å². The fraction of sp³-hybridized carbons (Fsp3) is 0.556. The van der Waals surface area contributed by atoms with Crippen LogP contribution in [-0.4, -0.2) is 33.1 Å². The van der Waals surface area contributed by atoms with Gasteiger partial charge in [-0.15, -0.1) is 0 Å². The van der Waals surface area contributed by atoms with Crippen LogP contribution in [0, 0.1) is 6.92 Å². The van der Waals surface area contributed by atoms with Gasteiger partial charge in [-0.3, -0.25) is 0 Å². The van der Waals surface area contributed by atoms with Crippen molar-refractivity contribution in [3.05, 3.63) is 58.2 Å². The van der Waals surface area contributed by atoms with E-state index in [1.165, 1.54) is 5.57 Å². The van der Waals surface area contributed by atoms with Gasteiger partial charge in [0.05, 0.1) is 0 Å². The minimum Gasteiger partial charge on any atom is -0.508 e. The van der Waals surface area contributed by atoms with Gasteiger partial charge in [-0.05, 0) is 109 Å². The highest BCUT2D eigenvalue weighted by molar-refractivity contribution is 5.47. The summed E-state index contributed by atoms with van der Waals surface area (Å²) in [5.41, 5.74) is 5.02. The Morgan fingerprint density at radius 2 is 1.84 bits per heavy atom. The third-order valence-electron chi connectivity index (χ3n) is 6.07. The number of ether oxygens (including phenoxy) is 1. The molecule has 0 saturated carbocycles. The van der Waals surface area contributed by atoms with Crippen LogP contribution in [0.5, 0.6) is 11.5 Å². The molecule has 0 amide bonds. The molecular formula is C27H40O4. The first kappa shape index (κ1) is 25.2. The molecule has 3 atom stereocenters. The highest BCUT2D eigenvalue weighted by atomic mass is 16.5. The van der Waals surface area contributed by atoms with E-state index >= 15 is 0 Å².